The van der Waals surface area contributed by atoms with Crippen LogP contribution in [0, 0.1) is 12.3 Å². The van der Waals surface area contributed by atoms with Crippen LogP contribution in [0.15, 0.2) is 24.3 Å². The lowest BCUT2D eigenvalue weighted by molar-refractivity contribution is -0.141. The van der Waals surface area contributed by atoms with Gasteiger partial charge in [-0.15, -0.1) is 0 Å². The summed E-state index contributed by atoms with van der Waals surface area (Å²) in [4.78, 5) is 25.0. The highest BCUT2D eigenvalue weighted by Gasteiger charge is 2.51. The Morgan fingerprint density at radius 3 is 2.70 bits per heavy atom. The van der Waals surface area contributed by atoms with Gasteiger partial charge >= 0.3 is 0 Å². The molecule has 0 radical (unpaired) electrons. The molecule has 2 aromatic rings. The minimum absolute atomic E-state index is 0.0800. The van der Waals surface area contributed by atoms with Crippen LogP contribution in [0.25, 0.3) is 0 Å². The van der Waals surface area contributed by atoms with Gasteiger partial charge < -0.3 is 20.3 Å². The van der Waals surface area contributed by atoms with Crippen molar-refractivity contribution in [2.45, 2.75) is 13.3 Å². The Kier molecular flexibility index (Phi) is 5.15. The van der Waals surface area contributed by atoms with Gasteiger partial charge in [-0.2, -0.15) is 4.98 Å². The lowest BCUT2D eigenvalue weighted by atomic mass is 9.73. The molecule has 144 valence electrons. The Morgan fingerprint density at radius 1 is 1.37 bits per heavy atom. The number of nitrogens with two attached hydrogens (primary N) is 1. The summed E-state index contributed by atoms with van der Waals surface area (Å²) in [6.07, 6.45) is 0.606. The monoisotopic (exact) mass is 389 g/mol. The molecule has 27 heavy (non-hydrogen) atoms. The van der Waals surface area contributed by atoms with Crippen molar-refractivity contribution in [1.29, 1.82) is 0 Å². The highest BCUT2D eigenvalue weighted by molar-refractivity contribution is 6.33. The summed E-state index contributed by atoms with van der Waals surface area (Å²) in [6.45, 7) is 2.81. The number of halogens is 1. The van der Waals surface area contributed by atoms with E-state index in [0.29, 0.717) is 36.0 Å². The van der Waals surface area contributed by atoms with Gasteiger partial charge in [0.1, 0.15) is 10.8 Å². The summed E-state index contributed by atoms with van der Waals surface area (Å²) in [7, 11) is 5.19. The molecule has 2 N–H and O–H groups in total. The maximum atomic E-state index is 13.0. The third-order valence-corrected chi connectivity index (χ3v) is 5.28. The van der Waals surface area contributed by atoms with Gasteiger partial charge in [-0.25, -0.2) is 4.98 Å². The van der Waals surface area contributed by atoms with Gasteiger partial charge in [0.15, 0.2) is 5.82 Å². The number of ether oxygens (including phenoxy) is 1. The van der Waals surface area contributed by atoms with Crippen molar-refractivity contribution in [3.8, 4) is 5.75 Å². The van der Waals surface area contributed by atoms with Crippen LogP contribution in [0.4, 0.5) is 11.8 Å². The highest BCUT2D eigenvalue weighted by atomic mass is 35.5. The minimum atomic E-state index is -0.549. The van der Waals surface area contributed by atoms with E-state index in [0.717, 1.165) is 11.3 Å². The standard InChI is InChI=1S/C19H24ClN5O2/c1-12-15(20)16(23-18(21)22-12)25-10-19(11-25,17(26)24(2)3)9-13-6-5-7-14(8-13)27-4/h5-8H,9-11H2,1-4H3,(H2,21,22,23). The number of rotatable bonds is 5. The van der Waals surface area contributed by atoms with E-state index in [1.165, 1.54) is 0 Å². The number of nitrogen functional groups attached to an aromatic ring is 1. The molecule has 1 aromatic heterocycles. The highest BCUT2D eigenvalue weighted by Crippen LogP contribution is 2.41. The third-order valence-electron chi connectivity index (χ3n) is 4.84. The van der Waals surface area contributed by atoms with Crippen molar-refractivity contribution in [3.05, 3.63) is 40.5 Å². The maximum absolute atomic E-state index is 13.0. The number of amides is 1. The van der Waals surface area contributed by atoms with Gasteiger partial charge in [0.25, 0.3) is 0 Å². The predicted molar refractivity (Wildman–Crippen MR) is 106 cm³/mol. The molecule has 3 rings (SSSR count). The van der Waals surface area contributed by atoms with E-state index in [4.69, 9.17) is 22.1 Å². The fourth-order valence-corrected chi connectivity index (χ4v) is 3.78. The number of methoxy groups -OCH3 is 1. The lowest BCUT2D eigenvalue weighted by Crippen LogP contribution is -2.64. The van der Waals surface area contributed by atoms with E-state index in [1.54, 1.807) is 33.0 Å². The van der Waals surface area contributed by atoms with Crippen molar-refractivity contribution in [3.63, 3.8) is 0 Å². The van der Waals surface area contributed by atoms with Gasteiger partial charge in [0.05, 0.1) is 18.2 Å². The fourth-order valence-electron chi connectivity index (χ4n) is 3.58. The normalized spacial score (nSPS) is 15.2. The second-order valence-corrected chi connectivity index (χ2v) is 7.55. The van der Waals surface area contributed by atoms with E-state index in [2.05, 4.69) is 9.97 Å². The number of hydrogen-bond acceptors (Lipinski definition) is 6. The number of anilines is 2. The van der Waals surface area contributed by atoms with Crippen LogP contribution in [0.1, 0.15) is 11.3 Å². The third kappa shape index (κ3) is 3.64. The van der Waals surface area contributed by atoms with Crippen LogP contribution in [0.5, 0.6) is 5.75 Å². The first-order valence-corrected chi connectivity index (χ1v) is 9.03. The van der Waals surface area contributed by atoms with Crippen LogP contribution in [0.2, 0.25) is 5.02 Å². The Bertz CT molecular complexity index is 865. The zero-order valence-electron chi connectivity index (χ0n) is 16.0. The molecule has 0 atom stereocenters. The molecule has 7 nitrogen and oxygen atoms in total. The summed E-state index contributed by atoms with van der Waals surface area (Å²) >= 11 is 6.37. The van der Waals surface area contributed by atoms with Crippen LogP contribution >= 0.6 is 11.6 Å². The summed E-state index contributed by atoms with van der Waals surface area (Å²) in [5.74, 6) is 1.61. The first kappa shape index (κ1) is 19.2. The number of benzene rings is 1. The zero-order valence-corrected chi connectivity index (χ0v) is 16.7. The lowest BCUT2D eigenvalue weighted by Gasteiger charge is -2.50. The van der Waals surface area contributed by atoms with E-state index >= 15 is 0 Å². The Morgan fingerprint density at radius 2 is 2.07 bits per heavy atom. The predicted octanol–water partition coefficient (Wildman–Crippen LogP) is 2.17. The Hall–Kier alpha value is -2.54. The molecule has 0 aliphatic carbocycles. The second-order valence-electron chi connectivity index (χ2n) is 7.17. The molecule has 1 saturated heterocycles. The molecule has 1 aliphatic rings. The average molecular weight is 390 g/mol. The topological polar surface area (TPSA) is 84.6 Å². The summed E-state index contributed by atoms with van der Waals surface area (Å²) < 4.78 is 5.31. The van der Waals surface area contributed by atoms with E-state index in [-0.39, 0.29) is 11.9 Å². The van der Waals surface area contributed by atoms with Crippen molar-refractivity contribution >= 4 is 29.3 Å². The van der Waals surface area contributed by atoms with Gasteiger partial charge in [0, 0.05) is 27.2 Å². The smallest absolute Gasteiger partial charge is 0.232 e. The first-order valence-electron chi connectivity index (χ1n) is 8.65. The van der Waals surface area contributed by atoms with Crippen molar-refractivity contribution in [2.75, 3.05) is 44.9 Å². The molecule has 0 saturated carbocycles. The first-order chi connectivity index (χ1) is 12.8. The number of aromatic nitrogens is 2. The molecule has 0 unspecified atom stereocenters. The van der Waals surface area contributed by atoms with E-state index < -0.39 is 5.41 Å². The van der Waals surface area contributed by atoms with Gasteiger partial charge in [0.2, 0.25) is 11.9 Å². The second kappa shape index (κ2) is 7.23. The van der Waals surface area contributed by atoms with Gasteiger partial charge in [-0.1, -0.05) is 23.7 Å². The molecule has 2 heterocycles. The molecule has 1 fully saturated rings. The largest absolute Gasteiger partial charge is 0.497 e. The number of carbonyl (C=O) groups is 1. The molecule has 0 bridgehead atoms. The summed E-state index contributed by atoms with van der Waals surface area (Å²) in [5.41, 5.74) is 6.91. The molecular weight excluding hydrogens is 366 g/mol. The summed E-state index contributed by atoms with van der Waals surface area (Å²) in [5, 5.41) is 0.469. The molecule has 1 amide bonds. The number of hydrogen-bond donors (Lipinski definition) is 1. The minimum Gasteiger partial charge on any atom is -0.497 e. The number of nitrogens with zero attached hydrogens (tertiary/aromatic N) is 4. The van der Waals surface area contributed by atoms with Crippen LogP contribution < -0.4 is 15.4 Å². The quantitative estimate of drug-likeness (QED) is 0.843. The van der Waals surface area contributed by atoms with Gasteiger partial charge in [-0.3, -0.25) is 4.79 Å². The van der Waals surface area contributed by atoms with Crippen LogP contribution in [0.3, 0.4) is 0 Å². The fraction of sp³-hybridized carbons (Fsp3) is 0.421. The zero-order chi connectivity index (χ0) is 19.8. The molecule has 1 aliphatic heterocycles. The summed E-state index contributed by atoms with van der Waals surface area (Å²) in [6, 6.07) is 7.80. The molecule has 1 aromatic carbocycles. The average Bonchev–Trinajstić information content (AvgIpc) is 2.60. The number of carbonyl (C=O) groups excluding carboxylic acids is 1. The van der Waals surface area contributed by atoms with Crippen molar-refractivity contribution in [2.24, 2.45) is 5.41 Å². The van der Waals surface area contributed by atoms with Crippen molar-refractivity contribution < 1.29 is 9.53 Å². The van der Waals surface area contributed by atoms with Crippen LogP contribution in [-0.4, -0.2) is 55.1 Å². The Balaban J connectivity index is 1.88. The molecule has 8 heteroatoms. The molecular formula is C19H24ClN5O2. The maximum Gasteiger partial charge on any atom is 0.232 e. The Labute approximate surface area is 164 Å². The van der Waals surface area contributed by atoms with Crippen LogP contribution in [-0.2, 0) is 11.2 Å². The molecule has 0 spiro atoms. The van der Waals surface area contributed by atoms with E-state index in [9.17, 15) is 4.79 Å². The van der Waals surface area contributed by atoms with Gasteiger partial charge in [-0.05, 0) is 31.0 Å². The van der Waals surface area contributed by atoms with Crippen molar-refractivity contribution in [1.82, 2.24) is 14.9 Å². The SMILES string of the molecule is COc1cccc(CC2(C(=O)N(C)C)CN(c3nc(N)nc(C)c3Cl)C2)c1. The number of aryl methyl sites for hydroxylation is 1. The van der Waals surface area contributed by atoms with E-state index in [1.807, 2.05) is 29.2 Å².